The van der Waals surface area contributed by atoms with E-state index in [2.05, 4.69) is 0 Å². The average Bonchev–Trinajstić information content (AvgIpc) is 2.10. The molecule has 13 heavy (non-hydrogen) atoms. The number of thioether (sulfide) groups is 1. The number of aliphatic hydroxyl groups excluding tert-OH is 1. The highest BCUT2D eigenvalue weighted by Gasteiger charge is 2.12. The molecule has 4 heteroatoms. The summed E-state index contributed by atoms with van der Waals surface area (Å²) in [6.45, 7) is 0.0858. The Bertz CT molecular complexity index is 287. The Labute approximate surface area is 92.1 Å². The molecule has 0 fully saturated rings. The van der Waals surface area contributed by atoms with Crippen molar-refractivity contribution in [2.24, 2.45) is 0 Å². The van der Waals surface area contributed by atoms with Crippen molar-refractivity contribution in [3.05, 3.63) is 33.8 Å². The van der Waals surface area contributed by atoms with Crippen LogP contribution in [0, 0.1) is 0 Å². The molecule has 0 aliphatic heterocycles. The van der Waals surface area contributed by atoms with Crippen LogP contribution in [0.1, 0.15) is 10.8 Å². The van der Waals surface area contributed by atoms with Gasteiger partial charge in [-0.15, -0.1) is 0 Å². The summed E-state index contributed by atoms with van der Waals surface area (Å²) in [5.74, 6) is 0. The lowest BCUT2D eigenvalue weighted by molar-refractivity contribution is 0.296. The molecule has 0 heterocycles. The van der Waals surface area contributed by atoms with E-state index in [0.717, 1.165) is 5.56 Å². The smallest absolute Gasteiger partial charge is 0.0591 e. The molecule has 0 aliphatic carbocycles. The van der Waals surface area contributed by atoms with Gasteiger partial charge >= 0.3 is 0 Å². The van der Waals surface area contributed by atoms with Crippen molar-refractivity contribution in [3.8, 4) is 0 Å². The summed E-state index contributed by atoms with van der Waals surface area (Å²) < 4.78 is 0. The van der Waals surface area contributed by atoms with Crippen LogP contribution in [0.5, 0.6) is 0 Å². The van der Waals surface area contributed by atoms with E-state index >= 15 is 0 Å². The molecule has 0 spiro atoms. The number of rotatable bonds is 3. The maximum Gasteiger partial charge on any atom is 0.0591 e. The van der Waals surface area contributed by atoms with E-state index in [-0.39, 0.29) is 11.9 Å². The van der Waals surface area contributed by atoms with Gasteiger partial charge in [0, 0.05) is 10.0 Å². The second-order valence-electron chi connectivity index (χ2n) is 2.57. The zero-order valence-electron chi connectivity index (χ0n) is 7.13. The topological polar surface area (TPSA) is 20.2 Å². The van der Waals surface area contributed by atoms with Gasteiger partial charge in [0.1, 0.15) is 0 Å². The lowest BCUT2D eigenvalue weighted by Crippen LogP contribution is -1.99. The molecule has 1 aromatic rings. The van der Waals surface area contributed by atoms with Gasteiger partial charge in [0.15, 0.2) is 0 Å². The van der Waals surface area contributed by atoms with Gasteiger partial charge in [-0.1, -0.05) is 29.3 Å². The Hall–Kier alpha value is 0.110. The van der Waals surface area contributed by atoms with Gasteiger partial charge in [-0.3, -0.25) is 0 Å². The van der Waals surface area contributed by atoms with Crippen molar-refractivity contribution in [2.45, 2.75) is 5.25 Å². The van der Waals surface area contributed by atoms with E-state index in [1.165, 1.54) is 0 Å². The first-order valence-electron chi connectivity index (χ1n) is 3.77. The summed E-state index contributed by atoms with van der Waals surface area (Å²) >= 11 is 13.3. The minimum Gasteiger partial charge on any atom is -0.395 e. The molecule has 1 aromatic carbocycles. The van der Waals surface area contributed by atoms with Crippen LogP contribution >= 0.6 is 35.0 Å². The number of hydrogen-bond donors (Lipinski definition) is 1. The summed E-state index contributed by atoms with van der Waals surface area (Å²) in [7, 11) is 0. The molecular formula is C9H10Cl2OS. The Morgan fingerprint density at radius 1 is 1.46 bits per heavy atom. The van der Waals surface area contributed by atoms with Crippen LogP contribution in [0.4, 0.5) is 0 Å². The zero-order chi connectivity index (χ0) is 9.84. The Balaban J connectivity index is 2.99. The van der Waals surface area contributed by atoms with Crippen molar-refractivity contribution >= 4 is 35.0 Å². The maximum absolute atomic E-state index is 9.06. The summed E-state index contributed by atoms with van der Waals surface area (Å²) in [6, 6.07) is 5.32. The first-order valence-corrected chi connectivity index (χ1v) is 5.82. The highest BCUT2D eigenvalue weighted by Crippen LogP contribution is 2.32. The number of hydrogen-bond acceptors (Lipinski definition) is 2. The molecular weight excluding hydrogens is 227 g/mol. The van der Waals surface area contributed by atoms with Crippen LogP contribution in [0.15, 0.2) is 18.2 Å². The average molecular weight is 237 g/mol. The lowest BCUT2D eigenvalue weighted by atomic mass is 10.1. The molecule has 1 atom stereocenters. The molecule has 1 nitrogen and oxygen atoms in total. The molecule has 0 saturated heterocycles. The summed E-state index contributed by atoms with van der Waals surface area (Å²) in [5.41, 5.74) is 0.932. The normalized spacial score (nSPS) is 12.9. The standard InChI is InChI=1S/C9H10Cl2OS/c1-13-9(5-12)7-3-2-6(10)4-8(7)11/h2-4,9,12H,5H2,1H3. The molecule has 0 radical (unpaired) electrons. The van der Waals surface area contributed by atoms with E-state index in [1.807, 2.05) is 12.3 Å². The Morgan fingerprint density at radius 3 is 2.62 bits per heavy atom. The van der Waals surface area contributed by atoms with Crippen LogP contribution in [0.25, 0.3) is 0 Å². The van der Waals surface area contributed by atoms with Crippen LogP contribution in [-0.4, -0.2) is 18.0 Å². The quantitative estimate of drug-likeness (QED) is 0.869. The minimum atomic E-state index is 0.0322. The third-order valence-corrected chi connectivity index (χ3v) is 3.29. The van der Waals surface area contributed by atoms with Gasteiger partial charge in [0.2, 0.25) is 0 Å². The molecule has 1 unspecified atom stereocenters. The van der Waals surface area contributed by atoms with Gasteiger partial charge in [0.25, 0.3) is 0 Å². The minimum absolute atomic E-state index is 0.0322. The predicted octanol–water partition coefficient (Wildman–Crippen LogP) is 3.39. The number of benzene rings is 1. The monoisotopic (exact) mass is 236 g/mol. The highest BCUT2D eigenvalue weighted by molar-refractivity contribution is 7.98. The van der Waals surface area contributed by atoms with Gasteiger partial charge in [-0.05, 0) is 24.0 Å². The fraction of sp³-hybridized carbons (Fsp3) is 0.333. The number of aliphatic hydroxyl groups is 1. The van der Waals surface area contributed by atoms with Gasteiger partial charge < -0.3 is 5.11 Å². The van der Waals surface area contributed by atoms with Crippen LogP contribution in [0.3, 0.4) is 0 Å². The van der Waals surface area contributed by atoms with Crippen molar-refractivity contribution in [3.63, 3.8) is 0 Å². The number of halogens is 2. The van der Waals surface area contributed by atoms with Crippen molar-refractivity contribution in [1.82, 2.24) is 0 Å². The van der Waals surface area contributed by atoms with Gasteiger partial charge in [0.05, 0.1) is 11.9 Å². The Kier molecular flexibility index (Phi) is 4.39. The second-order valence-corrected chi connectivity index (χ2v) is 4.46. The molecule has 1 rings (SSSR count). The highest BCUT2D eigenvalue weighted by atomic mass is 35.5. The summed E-state index contributed by atoms with van der Waals surface area (Å²) in [5, 5.41) is 10.3. The van der Waals surface area contributed by atoms with Gasteiger partial charge in [-0.25, -0.2) is 0 Å². The fourth-order valence-electron chi connectivity index (χ4n) is 1.06. The lowest BCUT2D eigenvalue weighted by Gasteiger charge is -2.13. The molecule has 0 bridgehead atoms. The van der Waals surface area contributed by atoms with E-state index in [1.54, 1.807) is 23.9 Å². The predicted molar refractivity (Wildman–Crippen MR) is 59.8 cm³/mol. The SMILES string of the molecule is CSC(CO)c1ccc(Cl)cc1Cl. The molecule has 0 aliphatic rings. The molecule has 0 aromatic heterocycles. The van der Waals surface area contributed by atoms with E-state index < -0.39 is 0 Å². The summed E-state index contributed by atoms with van der Waals surface area (Å²) in [6.07, 6.45) is 1.94. The van der Waals surface area contributed by atoms with Crippen molar-refractivity contribution in [1.29, 1.82) is 0 Å². The molecule has 0 saturated carbocycles. The largest absolute Gasteiger partial charge is 0.395 e. The van der Waals surface area contributed by atoms with Crippen LogP contribution in [-0.2, 0) is 0 Å². The third-order valence-electron chi connectivity index (χ3n) is 1.76. The van der Waals surface area contributed by atoms with E-state index in [4.69, 9.17) is 28.3 Å². The third kappa shape index (κ3) is 2.78. The maximum atomic E-state index is 9.06. The Morgan fingerprint density at radius 2 is 2.15 bits per heavy atom. The van der Waals surface area contributed by atoms with Crippen molar-refractivity contribution < 1.29 is 5.11 Å². The molecule has 72 valence electrons. The molecule has 0 amide bonds. The van der Waals surface area contributed by atoms with Crippen molar-refractivity contribution in [2.75, 3.05) is 12.9 Å². The first-order chi connectivity index (χ1) is 6.19. The molecule has 1 N–H and O–H groups in total. The summed E-state index contributed by atoms with van der Waals surface area (Å²) in [4.78, 5) is 0. The zero-order valence-corrected chi connectivity index (χ0v) is 9.46. The van der Waals surface area contributed by atoms with Crippen LogP contribution < -0.4 is 0 Å². The van der Waals surface area contributed by atoms with Crippen LogP contribution in [0.2, 0.25) is 10.0 Å². The van der Waals surface area contributed by atoms with E-state index in [0.29, 0.717) is 10.0 Å². The second kappa shape index (κ2) is 5.11. The first kappa shape index (κ1) is 11.2. The fourth-order valence-corrected chi connectivity index (χ4v) is 2.28. The van der Waals surface area contributed by atoms with E-state index in [9.17, 15) is 0 Å². The van der Waals surface area contributed by atoms with Gasteiger partial charge in [-0.2, -0.15) is 11.8 Å².